The van der Waals surface area contributed by atoms with Gasteiger partial charge in [0.15, 0.2) is 0 Å². The van der Waals surface area contributed by atoms with E-state index >= 15 is 0 Å². The van der Waals surface area contributed by atoms with Crippen molar-refractivity contribution < 1.29 is 4.74 Å². The van der Waals surface area contributed by atoms with Crippen LogP contribution in [-0.2, 0) is 0 Å². The predicted octanol–water partition coefficient (Wildman–Crippen LogP) is 4.96. The van der Waals surface area contributed by atoms with Crippen LogP contribution in [0.5, 0.6) is 5.75 Å². The maximum absolute atomic E-state index is 6.41. The average molecular weight is 338 g/mol. The number of halogens is 1. The number of hydrogen-bond acceptors (Lipinski definition) is 2. The zero-order valence-electron chi connectivity index (χ0n) is 12.2. The standard InChI is InChI=1S/C17H24BrNO/c1-2-3-12-6-8-17(9-7-12)11-15(19)14-10-13(18)4-5-16(14)20-17/h4-5,10,12,15H,2-3,6-9,11,19H2,1H3/t12?,15-,17?/m1/s1. The Bertz CT molecular complexity index is 480. The van der Waals surface area contributed by atoms with E-state index in [2.05, 4.69) is 35.0 Å². The number of hydrogen-bond donors (Lipinski definition) is 1. The Balaban J connectivity index is 1.76. The SMILES string of the molecule is CCCC1CCC2(CC1)C[C@@H](N)c1cc(Br)ccc1O2. The molecular formula is C17H24BrNO. The van der Waals surface area contributed by atoms with Crippen molar-refractivity contribution in [3.05, 3.63) is 28.2 Å². The maximum atomic E-state index is 6.41. The molecular weight excluding hydrogens is 314 g/mol. The molecule has 20 heavy (non-hydrogen) atoms. The van der Waals surface area contributed by atoms with E-state index in [4.69, 9.17) is 10.5 Å². The first-order valence-electron chi connectivity index (χ1n) is 7.86. The van der Waals surface area contributed by atoms with Crippen LogP contribution in [0, 0.1) is 5.92 Å². The molecule has 0 amide bonds. The van der Waals surface area contributed by atoms with Gasteiger partial charge in [-0.3, -0.25) is 0 Å². The van der Waals surface area contributed by atoms with Gasteiger partial charge in [0.25, 0.3) is 0 Å². The summed E-state index contributed by atoms with van der Waals surface area (Å²) in [6.07, 6.45) is 8.57. The Morgan fingerprint density at radius 1 is 1.35 bits per heavy atom. The van der Waals surface area contributed by atoms with Gasteiger partial charge in [0, 0.05) is 22.5 Å². The van der Waals surface area contributed by atoms with Gasteiger partial charge in [0.1, 0.15) is 11.4 Å². The van der Waals surface area contributed by atoms with Gasteiger partial charge in [-0.05, 0) is 49.8 Å². The van der Waals surface area contributed by atoms with Gasteiger partial charge in [-0.15, -0.1) is 0 Å². The summed E-state index contributed by atoms with van der Waals surface area (Å²) < 4.78 is 7.49. The fraction of sp³-hybridized carbons (Fsp3) is 0.647. The van der Waals surface area contributed by atoms with Crippen molar-refractivity contribution in [3.8, 4) is 5.75 Å². The van der Waals surface area contributed by atoms with Gasteiger partial charge in [-0.1, -0.05) is 35.7 Å². The monoisotopic (exact) mass is 337 g/mol. The lowest BCUT2D eigenvalue weighted by atomic mass is 9.72. The smallest absolute Gasteiger partial charge is 0.124 e. The molecule has 1 atom stereocenters. The quantitative estimate of drug-likeness (QED) is 0.827. The zero-order chi connectivity index (χ0) is 14.2. The van der Waals surface area contributed by atoms with Crippen LogP contribution in [0.25, 0.3) is 0 Å². The first-order chi connectivity index (χ1) is 9.62. The van der Waals surface area contributed by atoms with Crippen molar-refractivity contribution in [2.24, 2.45) is 11.7 Å². The Morgan fingerprint density at radius 3 is 2.80 bits per heavy atom. The second-order valence-corrected chi connectivity index (χ2v) is 7.43. The molecule has 1 saturated carbocycles. The van der Waals surface area contributed by atoms with E-state index < -0.39 is 0 Å². The third-order valence-electron chi connectivity index (χ3n) is 5.00. The number of ether oxygens (including phenoxy) is 1. The van der Waals surface area contributed by atoms with Crippen molar-refractivity contribution >= 4 is 15.9 Å². The Hall–Kier alpha value is -0.540. The average Bonchev–Trinajstić information content (AvgIpc) is 2.43. The Morgan fingerprint density at radius 2 is 2.10 bits per heavy atom. The number of fused-ring (bicyclic) bond motifs is 1. The van der Waals surface area contributed by atoms with Gasteiger partial charge >= 0.3 is 0 Å². The lowest BCUT2D eigenvalue weighted by molar-refractivity contribution is -0.0116. The normalized spacial score (nSPS) is 32.8. The second-order valence-electron chi connectivity index (χ2n) is 6.51. The molecule has 1 aromatic carbocycles. The second kappa shape index (κ2) is 5.69. The molecule has 1 heterocycles. The summed E-state index contributed by atoms with van der Waals surface area (Å²) in [5.74, 6) is 1.90. The van der Waals surface area contributed by atoms with Crippen molar-refractivity contribution in [1.29, 1.82) is 0 Å². The molecule has 2 N–H and O–H groups in total. The topological polar surface area (TPSA) is 35.2 Å². The van der Waals surface area contributed by atoms with E-state index in [1.165, 1.54) is 38.5 Å². The van der Waals surface area contributed by atoms with E-state index in [1.807, 2.05) is 6.07 Å². The molecule has 0 unspecified atom stereocenters. The Kier molecular flexibility index (Phi) is 4.09. The first kappa shape index (κ1) is 14.4. The molecule has 3 heteroatoms. The highest BCUT2D eigenvalue weighted by atomic mass is 79.9. The summed E-state index contributed by atoms with van der Waals surface area (Å²) in [7, 11) is 0. The molecule has 110 valence electrons. The third-order valence-corrected chi connectivity index (χ3v) is 5.50. The van der Waals surface area contributed by atoms with E-state index in [0.29, 0.717) is 0 Å². The Labute approximate surface area is 130 Å². The van der Waals surface area contributed by atoms with E-state index in [1.54, 1.807) is 0 Å². The van der Waals surface area contributed by atoms with E-state index in [0.717, 1.165) is 28.1 Å². The summed E-state index contributed by atoms with van der Waals surface area (Å²) in [6.45, 7) is 2.28. The lowest BCUT2D eigenvalue weighted by Gasteiger charge is -2.45. The van der Waals surface area contributed by atoms with Crippen LogP contribution < -0.4 is 10.5 Å². The summed E-state index contributed by atoms with van der Waals surface area (Å²) in [5, 5.41) is 0. The van der Waals surface area contributed by atoms with Crippen molar-refractivity contribution in [1.82, 2.24) is 0 Å². The van der Waals surface area contributed by atoms with Crippen LogP contribution in [-0.4, -0.2) is 5.60 Å². The molecule has 0 radical (unpaired) electrons. The first-order valence-corrected chi connectivity index (χ1v) is 8.65. The third kappa shape index (κ3) is 2.75. The predicted molar refractivity (Wildman–Crippen MR) is 85.9 cm³/mol. The summed E-state index contributed by atoms with van der Waals surface area (Å²) >= 11 is 3.52. The van der Waals surface area contributed by atoms with Crippen molar-refractivity contribution in [2.75, 3.05) is 0 Å². The summed E-state index contributed by atoms with van der Waals surface area (Å²) in [6, 6.07) is 6.33. The molecule has 0 bridgehead atoms. The highest BCUT2D eigenvalue weighted by Crippen LogP contribution is 2.47. The van der Waals surface area contributed by atoms with Crippen LogP contribution in [0.4, 0.5) is 0 Å². The van der Waals surface area contributed by atoms with Crippen LogP contribution in [0.15, 0.2) is 22.7 Å². The molecule has 1 spiro atoms. The number of nitrogens with two attached hydrogens (primary N) is 1. The molecule has 2 aliphatic rings. The molecule has 1 fully saturated rings. The molecule has 1 aromatic rings. The molecule has 1 aliphatic heterocycles. The van der Waals surface area contributed by atoms with Crippen molar-refractivity contribution in [3.63, 3.8) is 0 Å². The van der Waals surface area contributed by atoms with E-state index in [9.17, 15) is 0 Å². The van der Waals surface area contributed by atoms with Crippen LogP contribution >= 0.6 is 15.9 Å². The number of rotatable bonds is 2. The van der Waals surface area contributed by atoms with Gasteiger partial charge in [0.2, 0.25) is 0 Å². The van der Waals surface area contributed by atoms with Gasteiger partial charge in [-0.25, -0.2) is 0 Å². The summed E-state index contributed by atoms with van der Waals surface area (Å²) in [5.41, 5.74) is 7.57. The fourth-order valence-electron chi connectivity index (χ4n) is 3.89. The van der Waals surface area contributed by atoms with Crippen molar-refractivity contribution in [2.45, 2.75) is 63.5 Å². The molecule has 2 nitrogen and oxygen atoms in total. The highest BCUT2D eigenvalue weighted by Gasteiger charge is 2.42. The van der Waals surface area contributed by atoms with Gasteiger partial charge < -0.3 is 10.5 Å². The molecule has 0 saturated heterocycles. The molecule has 3 rings (SSSR count). The maximum Gasteiger partial charge on any atom is 0.124 e. The minimum absolute atomic E-state index is 0.00445. The van der Waals surface area contributed by atoms with Crippen LogP contribution in [0.3, 0.4) is 0 Å². The number of benzene rings is 1. The van der Waals surface area contributed by atoms with E-state index in [-0.39, 0.29) is 11.6 Å². The highest BCUT2D eigenvalue weighted by molar-refractivity contribution is 9.10. The largest absolute Gasteiger partial charge is 0.487 e. The van der Waals surface area contributed by atoms with Crippen LogP contribution in [0.1, 0.15) is 63.5 Å². The minimum Gasteiger partial charge on any atom is -0.487 e. The van der Waals surface area contributed by atoms with Gasteiger partial charge in [0.05, 0.1) is 0 Å². The van der Waals surface area contributed by atoms with Gasteiger partial charge in [-0.2, -0.15) is 0 Å². The molecule has 1 aliphatic carbocycles. The minimum atomic E-state index is 0.00445. The lowest BCUT2D eigenvalue weighted by Crippen LogP contribution is -2.45. The fourth-order valence-corrected chi connectivity index (χ4v) is 4.27. The van der Waals surface area contributed by atoms with Crippen LogP contribution in [0.2, 0.25) is 0 Å². The summed E-state index contributed by atoms with van der Waals surface area (Å²) in [4.78, 5) is 0. The zero-order valence-corrected chi connectivity index (χ0v) is 13.8. The molecule has 0 aromatic heterocycles.